The number of halogens is 1. The maximum atomic E-state index is 12.5. The first kappa shape index (κ1) is 6.64. The molecule has 1 aromatic rings. The summed E-state index contributed by atoms with van der Waals surface area (Å²) in [7, 11) is 0. The van der Waals surface area contributed by atoms with Crippen molar-refractivity contribution in [1.82, 2.24) is 4.98 Å². The molecule has 9 heavy (non-hydrogen) atoms. The molecule has 1 N–H and O–H groups in total. The van der Waals surface area contributed by atoms with Crippen LogP contribution in [0.1, 0.15) is 12.6 Å². The van der Waals surface area contributed by atoms with Gasteiger partial charge >= 0.3 is 0 Å². The largest absolute Gasteiger partial charge is 0.357 e. The average molecular weight is 147 g/mol. The van der Waals surface area contributed by atoms with Crippen LogP contribution in [0.4, 0.5) is 4.39 Å². The van der Waals surface area contributed by atoms with Crippen molar-refractivity contribution < 1.29 is 9.50 Å². The van der Waals surface area contributed by atoms with Crippen LogP contribution in [0.5, 0.6) is 0 Å². The summed E-state index contributed by atoms with van der Waals surface area (Å²) in [5.41, 5.74) is 1.55. The quantitative estimate of drug-likeness (QED) is 0.649. The van der Waals surface area contributed by atoms with E-state index >= 15 is 0 Å². The molecule has 0 bridgehead atoms. The number of hydrogen-bond donors (Lipinski definition) is 1. The summed E-state index contributed by atoms with van der Waals surface area (Å²) in [5, 5.41) is 10.1. The number of rotatable bonds is 1. The van der Waals surface area contributed by atoms with E-state index in [0.29, 0.717) is 0 Å². The lowest BCUT2D eigenvalue weighted by atomic mass is 10.3. The Morgan fingerprint density at radius 1 is 1.89 bits per heavy atom. The second-order valence-corrected chi connectivity index (χ2v) is 2.55. The molecule has 1 aromatic heterocycles. The van der Waals surface area contributed by atoms with Crippen LogP contribution in [-0.2, 0) is 5.85 Å². The molecule has 4 heteroatoms. The van der Waals surface area contributed by atoms with Crippen molar-refractivity contribution >= 4 is 11.3 Å². The van der Waals surface area contributed by atoms with Gasteiger partial charge in [-0.3, -0.25) is 0 Å². The Morgan fingerprint density at radius 3 is 2.78 bits per heavy atom. The molecule has 0 amide bonds. The molecule has 0 saturated carbocycles. The second-order valence-electron chi connectivity index (χ2n) is 1.83. The van der Waals surface area contributed by atoms with Crippen molar-refractivity contribution in [2.45, 2.75) is 12.8 Å². The topological polar surface area (TPSA) is 33.1 Å². The standard InChI is InChI=1S/C5H6FNOS/c1-5(6,8)4-2-9-3-7-4/h2-3,8H,1H3. The summed E-state index contributed by atoms with van der Waals surface area (Å²) in [4.78, 5) is 3.58. The fraction of sp³-hybridized carbons (Fsp3) is 0.400. The van der Waals surface area contributed by atoms with Crippen molar-refractivity contribution in [3.63, 3.8) is 0 Å². The number of nitrogens with zero attached hydrogens (tertiary/aromatic N) is 1. The molecule has 50 valence electrons. The van der Waals surface area contributed by atoms with E-state index in [9.17, 15) is 4.39 Å². The molecule has 0 spiro atoms. The average Bonchev–Trinajstić information content (AvgIpc) is 2.08. The maximum Gasteiger partial charge on any atom is 0.247 e. The van der Waals surface area contributed by atoms with Gasteiger partial charge in [0.25, 0.3) is 0 Å². The molecule has 0 saturated heterocycles. The third-order valence-corrected chi connectivity index (χ3v) is 1.49. The van der Waals surface area contributed by atoms with Crippen LogP contribution in [0.15, 0.2) is 10.9 Å². The lowest BCUT2D eigenvalue weighted by Gasteiger charge is -2.07. The maximum absolute atomic E-state index is 12.5. The van der Waals surface area contributed by atoms with Crippen molar-refractivity contribution in [3.05, 3.63) is 16.6 Å². The van der Waals surface area contributed by atoms with Gasteiger partial charge in [0.05, 0.1) is 5.51 Å². The highest BCUT2D eigenvalue weighted by Crippen LogP contribution is 2.20. The highest BCUT2D eigenvalue weighted by Gasteiger charge is 2.22. The van der Waals surface area contributed by atoms with Crippen molar-refractivity contribution in [2.24, 2.45) is 0 Å². The minimum Gasteiger partial charge on any atom is -0.357 e. The monoisotopic (exact) mass is 147 g/mol. The van der Waals surface area contributed by atoms with Gasteiger partial charge < -0.3 is 5.11 Å². The van der Waals surface area contributed by atoms with Crippen LogP contribution in [0.2, 0.25) is 0 Å². The zero-order valence-electron chi connectivity index (χ0n) is 4.84. The first-order valence-electron chi connectivity index (χ1n) is 2.40. The zero-order valence-corrected chi connectivity index (χ0v) is 5.65. The SMILES string of the molecule is CC(O)(F)c1cscn1. The second kappa shape index (κ2) is 2.04. The summed E-state index contributed by atoms with van der Waals surface area (Å²) in [5.74, 6) is -2.28. The van der Waals surface area contributed by atoms with Gasteiger partial charge in [-0.2, -0.15) is 0 Å². The molecular formula is C5H6FNOS. The van der Waals surface area contributed by atoms with Gasteiger partial charge in [-0.1, -0.05) is 0 Å². The van der Waals surface area contributed by atoms with Crippen LogP contribution in [0.25, 0.3) is 0 Å². The van der Waals surface area contributed by atoms with E-state index < -0.39 is 5.85 Å². The molecule has 0 aliphatic heterocycles. The van der Waals surface area contributed by atoms with Gasteiger partial charge in [0.2, 0.25) is 5.85 Å². The van der Waals surface area contributed by atoms with Crippen LogP contribution < -0.4 is 0 Å². The summed E-state index contributed by atoms with van der Waals surface area (Å²) >= 11 is 1.26. The summed E-state index contributed by atoms with van der Waals surface area (Å²) in [6.45, 7) is 1.06. The Kier molecular flexibility index (Phi) is 1.50. The van der Waals surface area contributed by atoms with Gasteiger partial charge in [-0.25, -0.2) is 9.37 Å². The normalized spacial score (nSPS) is 17.2. The Hall–Kier alpha value is -0.480. The number of thiazole rings is 1. The molecule has 1 rings (SSSR count). The van der Waals surface area contributed by atoms with E-state index in [0.717, 1.165) is 6.92 Å². The molecule has 0 aliphatic carbocycles. The van der Waals surface area contributed by atoms with Crippen molar-refractivity contribution in [1.29, 1.82) is 0 Å². The Bertz CT molecular complexity index is 179. The van der Waals surface area contributed by atoms with E-state index in [1.54, 1.807) is 0 Å². The Labute approximate surface area is 56.0 Å². The fourth-order valence-corrected chi connectivity index (χ4v) is 1.08. The number of aliphatic hydroxyl groups is 1. The minimum atomic E-state index is -2.28. The number of aromatic nitrogens is 1. The predicted molar refractivity (Wildman–Crippen MR) is 32.8 cm³/mol. The molecule has 0 radical (unpaired) electrons. The van der Waals surface area contributed by atoms with Gasteiger partial charge in [-0.15, -0.1) is 11.3 Å². The third-order valence-electron chi connectivity index (χ3n) is 0.900. The first-order valence-corrected chi connectivity index (χ1v) is 3.35. The fourth-order valence-electron chi connectivity index (χ4n) is 0.438. The van der Waals surface area contributed by atoms with Crippen LogP contribution >= 0.6 is 11.3 Å². The van der Waals surface area contributed by atoms with Gasteiger partial charge in [-0.05, 0) is 0 Å². The molecule has 0 aromatic carbocycles. The van der Waals surface area contributed by atoms with Crippen molar-refractivity contribution in [2.75, 3.05) is 0 Å². The first-order chi connectivity index (χ1) is 4.11. The third kappa shape index (κ3) is 1.46. The highest BCUT2D eigenvalue weighted by atomic mass is 32.1. The van der Waals surface area contributed by atoms with E-state index in [-0.39, 0.29) is 5.69 Å². The summed E-state index contributed by atoms with van der Waals surface area (Å²) in [6, 6.07) is 0. The number of alkyl halides is 1. The highest BCUT2D eigenvalue weighted by molar-refractivity contribution is 7.07. The predicted octanol–water partition coefficient (Wildman–Crippen LogP) is 1.28. The molecule has 1 atom stereocenters. The van der Waals surface area contributed by atoms with E-state index in [1.165, 1.54) is 22.2 Å². The van der Waals surface area contributed by atoms with Crippen molar-refractivity contribution in [3.8, 4) is 0 Å². The summed E-state index contributed by atoms with van der Waals surface area (Å²) in [6.07, 6.45) is 0. The van der Waals surface area contributed by atoms with Gasteiger partial charge in [0, 0.05) is 12.3 Å². The van der Waals surface area contributed by atoms with Crippen LogP contribution in [0.3, 0.4) is 0 Å². The van der Waals surface area contributed by atoms with Crippen LogP contribution in [0, 0.1) is 0 Å². The van der Waals surface area contributed by atoms with E-state index in [2.05, 4.69) is 4.98 Å². The van der Waals surface area contributed by atoms with Gasteiger partial charge in [0.1, 0.15) is 5.69 Å². The molecular weight excluding hydrogens is 141 g/mol. The lowest BCUT2D eigenvalue weighted by Crippen LogP contribution is -2.13. The minimum absolute atomic E-state index is 0.0764. The van der Waals surface area contributed by atoms with Crippen LogP contribution in [-0.4, -0.2) is 10.1 Å². The smallest absolute Gasteiger partial charge is 0.247 e. The van der Waals surface area contributed by atoms with Gasteiger partial charge in [0.15, 0.2) is 0 Å². The number of hydrogen-bond acceptors (Lipinski definition) is 3. The molecule has 2 nitrogen and oxygen atoms in total. The Morgan fingerprint density at radius 2 is 2.56 bits per heavy atom. The van der Waals surface area contributed by atoms with E-state index in [4.69, 9.17) is 5.11 Å². The van der Waals surface area contributed by atoms with E-state index in [1.807, 2.05) is 0 Å². The molecule has 1 unspecified atom stereocenters. The summed E-state index contributed by atoms with van der Waals surface area (Å²) < 4.78 is 12.5. The molecule has 0 aliphatic rings. The molecule has 1 heterocycles. The molecule has 0 fully saturated rings. The Balaban J connectivity index is 2.90. The zero-order chi connectivity index (χ0) is 6.91. The lowest BCUT2D eigenvalue weighted by molar-refractivity contribution is -0.0801.